The Morgan fingerprint density at radius 1 is 1.73 bits per heavy atom. The Kier molecular flexibility index (Phi) is 3.81. The van der Waals surface area contributed by atoms with Gasteiger partial charge >= 0.3 is 0 Å². The van der Waals surface area contributed by atoms with Crippen LogP contribution in [0.3, 0.4) is 0 Å². The van der Waals surface area contributed by atoms with Crippen LogP contribution in [0.1, 0.15) is 24.4 Å². The van der Waals surface area contributed by atoms with Gasteiger partial charge < -0.3 is 5.32 Å². The molecule has 0 bridgehead atoms. The van der Waals surface area contributed by atoms with Crippen LogP contribution in [0.4, 0.5) is 5.13 Å². The highest BCUT2D eigenvalue weighted by Crippen LogP contribution is 2.22. The van der Waals surface area contributed by atoms with Gasteiger partial charge in [-0.25, -0.2) is 4.98 Å². The van der Waals surface area contributed by atoms with Crippen LogP contribution >= 0.6 is 11.3 Å². The second-order valence-electron chi connectivity index (χ2n) is 3.22. The zero-order chi connectivity index (χ0) is 11.4. The summed E-state index contributed by atoms with van der Waals surface area (Å²) in [5, 5.41) is 11.8. The molecule has 1 amide bonds. The number of carbonyl (C=O) groups is 1. The summed E-state index contributed by atoms with van der Waals surface area (Å²) >= 11 is 1.44. The van der Waals surface area contributed by atoms with Crippen molar-refractivity contribution in [2.24, 2.45) is 5.92 Å². The van der Waals surface area contributed by atoms with Crippen molar-refractivity contribution in [3.8, 4) is 6.07 Å². The lowest BCUT2D eigenvalue weighted by Gasteiger charge is -2.01. The topological polar surface area (TPSA) is 65.8 Å². The molecule has 1 rings (SSSR count). The van der Waals surface area contributed by atoms with E-state index >= 15 is 0 Å². The molecule has 0 aliphatic heterocycles. The Bertz CT molecular complexity index is 405. The minimum Gasteiger partial charge on any atom is -0.301 e. The highest BCUT2D eigenvalue weighted by molar-refractivity contribution is 7.15. The van der Waals surface area contributed by atoms with Crippen molar-refractivity contribution in [1.82, 2.24) is 4.98 Å². The normalized spacial score (nSPS) is 11.9. The molecule has 1 unspecified atom stereocenters. The number of thiazole rings is 1. The highest BCUT2D eigenvalue weighted by atomic mass is 32.1. The molecule has 15 heavy (non-hydrogen) atoms. The van der Waals surface area contributed by atoms with Crippen molar-refractivity contribution in [1.29, 1.82) is 5.26 Å². The maximum absolute atomic E-state index is 11.4. The highest BCUT2D eigenvalue weighted by Gasteiger charge is 2.14. The van der Waals surface area contributed by atoms with E-state index in [0.29, 0.717) is 5.13 Å². The molecule has 1 aromatic rings. The Balaban J connectivity index is 2.74. The van der Waals surface area contributed by atoms with Crippen molar-refractivity contribution in [3.05, 3.63) is 10.6 Å². The number of nitrogens with one attached hydrogen (secondary N) is 1. The number of hydrogen-bond acceptors (Lipinski definition) is 4. The quantitative estimate of drug-likeness (QED) is 0.853. The van der Waals surface area contributed by atoms with Gasteiger partial charge in [-0.1, -0.05) is 6.92 Å². The Labute approximate surface area is 92.9 Å². The fraction of sp³-hybridized carbons (Fsp3) is 0.500. The van der Waals surface area contributed by atoms with Gasteiger partial charge in [0.15, 0.2) is 5.13 Å². The smallest absolute Gasteiger partial charge is 0.243 e. The lowest BCUT2D eigenvalue weighted by atomic mass is 10.2. The van der Waals surface area contributed by atoms with Gasteiger partial charge in [-0.15, -0.1) is 11.3 Å². The number of rotatable bonds is 3. The molecule has 0 radical (unpaired) electrons. The molecule has 0 aliphatic carbocycles. The van der Waals surface area contributed by atoms with E-state index in [2.05, 4.69) is 10.3 Å². The summed E-state index contributed by atoms with van der Waals surface area (Å²) in [6.07, 6.45) is 0.853. The minimum absolute atomic E-state index is 0.297. The standard InChI is InChI=1S/C10H13N3OS/c1-4-8-7(3)15-10(12-8)13-9(14)6(2)5-11/h6H,4H2,1-3H3,(H,12,13,14). The number of anilines is 1. The number of nitrogens with zero attached hydrogens (tertiary/aromatic N) is 2. The largest absolute Gasteiger partial charge is 0.301 e. The van der Waals surface area contributed by atoms with E-state index in [1.165, 1.54) is 11.3 Å². The summed E-state index contributed by atoms with van der Waals surface area (Å²) in [7, 11) is 0. The van der Waals surface area contributed by atoms with Crippen LogP contribution in [-0.4, -0.2) is 10.9 Å². The van der Waals surface area contributed by atoms with Crippen LogP contribution in [0, 0.1) is 24.2 Å². The molecule has 0 fully saturated rings. The first kappa shape index (κ1) is 11.7. The van der Waals surface area contributed by atoms with Crippen LogP contribution in [-0.2, 0) is 11.2 Å². The van der Waals surface area contributed by atoms with Gasteiger partial charge in [-0.2, -0.15) is 5.26 Å². The van der Waals surface area contributed by atoms with Gasteiger partial charge in [0.25, 0.3) is 0 Å². The summed E-state index contributed by atoms with van der Waals surface area (Å²) in [6, 6.07) is 1.89. The van der Waals surface area contributed by atoms with Crippen LogP contribution in [0.5, 0.6) is 0 Å². The Morgan fingerprint density at radius 3 is 2.87 bits per heavy atom. The fourth-order valence-corrected chi connectivity index (χ4v) is 1.99. The molecule has 0 aromatic carbocycles. The maximum atomic E-state index is 11.4. The van der Waals surface area contributed by atoms with Crippen LogP contribution in [0.25, 0.3) is 0 Å². The van der Waals surface area contributed by atoms with E-state index in [1.54, 1.807) is 6.92 Å². The van der Waals surface area contributed by atoms with E-state index in [9.17, 15) is 4.79 Å². The molecule has 1 N–H and O–H groups in total. The third-order valence-corrected chi connectivity index (χ3v) is 2.97. The molecule has 0 aliphatic rings. The second-order valence-corrected chi connectivity index (χ2v) is 4.42. The SMILES string of the molecule is CCc1nc(NC(=O)C(C)C#N)sc1C. The summed E-state index contributed by atoms with van der Waals surface area (Å²) in [6.45, 7) is 5.56. The summed E-state index contributed by atoms with van der Waals surface area (Å²) in [4.78, 5) is 16.8. The minimum atomic E-state index is -0.640. The molecule has 1 aromatic heterocycles. The zero-order valence-electron chi connectivity index (χ0n) is 9.00. The average molecular weight is 223 g/mol. The maximum Gasteiger partial charge on any atom is 0.243 e. The lowest BCUT2D eigenvalue weighted by Crippen LogP contribution is -2.18. The molecular weight excluding hydrogens is 210 g/mol. The Morgan fingerprint density at radius 2 is 2.40 bits per heavy atom. The lowest BCUT2D eigenvalue weighted by molar-refractivity contribution is -0.117. The molecular formula is C10H13N3OS. The molecule has 0 saturated carbocycles. The van der Waals surface area contributed by atoms with Crippen molar-refractivity contribution in [2.75, 3.05) is 5.32 Å². The van der Waals surface area contributed by atoms with Gasteiger partial charge in [-0.3, -0.25) is 4.79 Å². The van der Waals surface area contributed by atoms with Gasteiger partial charge in [0, 0.05) is 4.88 Å². The average Bonchev–Trinajstić information content (AvgIpc) is 2.57. The third-order valence-electron chi connectivity index (χ3n) is 2.04. The van der Waals surface area contributed by atoms with Crippen molar-refractivity contribution in [2.45, 2.75) is 27.2 Å². The first-order chi connectivity index (χ1) is 7.08. The molecule has 0 spiro atoms. The third kappa shape index (κ3) is 2.77. The van der Waals surface area contributed by atoms with Crippen molar-refractivity contribution in [3.63, 3.8) is 0 Å². The van der Waals surface area contributed by atoms with E-state index < -0.39 is 5.92 Å². The zero-order valence-corrected chi connectivity index (χ0v) is 9.81. The van der Waals surface area contributed by atoms with Gasteiger partial charge in [-0.05, 0) is 20.3 Å². The van der Waals surface area contributed by atoms with Crippen molar-refractivity contribution < 1.29 is 4.79 Å². The first-order valence-electron chi connectivity index (χ1n) is 4.75. The molecule has 0 saturated heterocycles. The number of aryl methyl sites for hydroxylation is 2. The number of nitriles is 1. The monoisotopic (exact) mass is 223 g/mol. The molecule has 80 valence electrons. The van der Waals surface area contributed by atoms with E-state index in [4.69, 9.17) is 5.26 Å². The molecule has 1 atom stereocenters. The predicted molar refractivity (Wildman–Crippen MR) is 59.6 cm³/mol. The van der Waals surface area contributed by atoms with Crippen molar-refractivity contribution >= 4 is 22.4 Å². The predicted octanol–water partition coefficient (Wildman–Crippen LogP) is 2.11. The number of carbonyl (C=O) groups excluding carboxylic acids is 1. The van der Waals surface area contributed by atoms with E-state index in [-0.39, 0.29) is 5.91 Å². The van der Waals surface area contributed by atoms with Crippen LogP contribution in [0.15, 0.2) is 0 Å². The summed E-state index contributed by atoms with van der Waals surface area (Å²) in [5.74, 6) is -0.937. The number of hydrogen-bond donors (Lipinski definition) is 1. The van der Waals surface area contributed by atoms with E-state index in [0.717, 1.165) is 17.0 Å². The van der Waals surface area contributed by atoms with Gasteiger partial charge in [0.1, 0.15) is 5.92 Å². The molecule has 1 heterocycles. The summed E-state index contributed by atoms with van der Waals surface area (Å²) < 4.78 is 0. The van der Waals surface area contributed by atoms with Gasteiger partial charge in [0.2, 0.25) is 5.91 Å². The molecule has 5 heteroatoms. The van der Waals surface area contributed by atoms with Gasteiger partial charge in [0.05, 0.1) is 11.8 Å². The van der Waals surface area contributed by atoms with Crippen LogP contribution in [0.2, 0.25) is 0 Å². The second kappa shape index (κ2) is 4.89. The first-order valence-corrected chi connectivity index (χ1v) is 5.57. The number of amides is 1. The molecule has 4 nitrogen and oxygen atoms in total. The number of aromatic nitrogens is 1. The van der Waals surface area contributed by atoms with E-state index in [1.807, 2.05) is 19.9 Å². The fourth-order valence-electron chi connectivity index (χ4n) is 1.08. The Hall–Kier alpha value is -1.41. The summed E-state index contributed by atoms with van der Waals surface area (Å²) in [5.41, 5.74) is 1.000. The van der Waals surface area contributed by atoms with Crippen LogP contribution < -0.4 is 5.32 Å².